The maximum Gasteiger partial charge on any atom is 0.446 e. The molecule has 0 fully saturated rings. The first-order valence-corrected chi connectivity index (χ1v) is 8.71. The number of benzene rings is 1. The Labute approximate surface area is 140 Å². The first-order chi connectivity index (χ1) is 10.8. The van der Waals surface area contributed by atoms with Crippen LogP contribution in [0.2, 0.25) is 0 Å². The summed E-state index contributed by atoms with van der Waals surface area (Å²) in [4.78, 5) is 23.7. The molecule has 0 saturated carbocycles. The molecule has 0 aromatic heterocycles. The number of amides is 1. The minimum absolute atomic E-state index is 0.0130. The number of thioether (sulfide) groups is 2. The molecule has 0 spiro atoms. The quantitative estimate of drug-likeness (QED) is 0.592. The molecule has 128 valence electrons. The summed E-state index contributed by atoms with van der Waals surface area (Å²) in [6, 6.07) is 4.20. The molecule has 0 bridgehead atoms. The van der Waals surface area contributed by atoms with Gasteiger partial charge in [-0.25, -0.2) is 4.79 Å². The summed E-state index contributed by atoms with van der Waals surface area (Å²) in [6.07, 6.45) is 2.27. The van der Waals surface area contributed by atoms with Crippen molar-refractivity contribution in [3.8, 4) is 0 Å². The molecule has 4 nitrogen and oxygen atoms in total. The molecule has 1 N–H and O–H groups in total. The topological polar surface area (TPSA) is 55.4 Å². The van der Waals surface area contributed by atoms with E-state index in [-0.39, 0.29) is 22.2 Å². The number of carbonyl (C=O) groups excluding carboxylic acids is 2. The van der Waals surface area contributed by atoms with Gasteiger partial charge < -0.3 is 10.1 Å². The Bertz CT molecular complexity index is 535. The molecule has 9 heteroatoms. The van der Waals surface area contributed by atoms with Gasteiger partial charge in [-0.1, -0.05) is 0 Å². The van der Waals surface area contributed by atoms with Crippen molar-refractivity contribution in [2.24, 2.45) is 0 Å². The number of hydrogen-bond acceptors (Lipinski definition) is 5. The zero-order valence-corrected chi connectivity index (χ0v) is 14.1. The Hall–Kier alpha value is -1.35. The molecule has 0 aliphatic rings. The van der Waals surface area contributed by atoms with Crippen molar-refractivity contribution in [1.29, 1.82) is 0 Å². The second-order valence-corrected chi connectivity index (χ2v) is 6.53. The molecular formula is C14H16F3NO3S2. The third-order valence-electron chi connectivity index (χ3n) is 2.75. The Morgan fingerprint density at radius 1 is 1.26 bits per heavy atom. The van der Waals surface area contributed by atoms with Gasteiger partial charge in [0.25, 0.3) is 5.91 Å². The lowest BCUT2D eigenvalue weighted by atomic mass is 10.1. The summed E-state index contributed by atoms with van der Waals surface area (Å²) in [5.41, 5.74) is -4.20. The summed E-state index contributed by atoms with van der Waals surface area (Å²) in [7, 11) is 1.23. The Morgan fingerprint density at radius 3 is 2.35 bits per heavy atom. The zero-order chi connectivity index (χ0) is 17.5. The second-order valence-electron chi connectivity index (χ2n) is 4.40. The summed E-state index contributed by atoms with van der Waals surface area (Å²) in [6.45, 7) is 0. The molecule has 0 radical (unpaired) electrons. The van der Waals surface area contributed by atoms with Gasteiger partial charge in [0.05, 0.1) is 7.11 Å². The molecule has 23 heavy (non-hydrogen) atoms. The second kappa shape index (κ2) is 9.07. The number of alkyl halides is 3. The lowest BCUT2D eigenvalue weighted by molar-refractivity contribution is -0.142. The Kier molecular flexibility index (Phi) is 7.77. The predicted octanol–water partition coefficient (Wildman–Crippen LogP) is 3.32. The average Bonchev–Trinajstić information content (AvgIpc) is 2.49. The maximum absolute atomic E-state index is 12.2. The highest BCUT2D eigenvalue weighted by Crippen LogP contribution is 2.36. The minimum atomic E-state index is -4.38. The molecule has 1 atom stereocenters. The van der Waals surface area contributed by atoms with Crippen LogP contribution in [-0.4, -0.2) is 42.5 Å². The molecule has 1 aromatic rings. The van der Waals surface area contributed by atoms with Crippen molar-refractivity contribution >= 4 is 35.4 Å². The van der Waals surface area contributed by atoms with Crippen LogP contribution in [0.25, 0.3) is 0 Å². The molecule has 0 aliphatic carbocycles. The van der Waals surface area contributed by atoms with E-state index in [1.165, 1.54) is 43.1 Å². The van der Waals surface area contributed by atoms with Gasteiger partial charge in [0.1, 0.15) is 6.04 Å². The highest BCUT2D eigenvalue weighted by atomic mass is 32.2. The van der Waals surface area contributed by atoms with Gasteiger partial charge in [-0.15, -0.1) is 0 Å². The van der Waals surface area contributed by atoms with Crippen LogP contribution in [0.3, 0.4) is 0 Å². The van der Waals surface area contributed by atoms with Gasteiger partial charge in [0, 0.05) is 10.5 Å². The van der Waals surface area contributed by atoms with Crippen molar-refractivity contribution < 1.29 is 27.5 Å². The van der Waals surface area contributed by atoms with Gasteiger partial charge >= 0.3 is 11.5 Å². The first-order valence-electron chi connectivity index (χ1n) is 6.50. The fourth-order valence-electron chi connectivity index (χ4n) is 1.68. The van der Waals surface area contributed by atoms with E-state index in [1.54, 1.807) is 0 Å². The number of esters is 1. The normalized spacial score (nSPS) is 12.6. The largest absolute Gasteiger partial charge is 0.467 e. The third-order valence-corrected chi connectivity index (χ3v) is 4.14. The molecule has 0 aliphatic heterocycles. The van der Waals surface area contributed by atoms with Crippen molar-refractivity contribution in [2.75, 3.05) is 19.1 Å². The van der Waals surface area contributed by atoms with Gasteiger partial charge in [0.15, 0.2) is 0 Å². The zero-order valence-electron chi connectivity index (χ0n) is 12.5. The molecule has 0 unspecified atom stereocenters. The fraction of sp³-hybridized carbons (Fsp3) is 0.429. The number of rotatable bonds is 7. The van der Waals surface area contributed by atoms with Crippen molar-refractivity contribution in [1.82, 2.24) is 5.32 Å². The van der Waals surface area contributed by atoms with Gasteiger partial charge in [0.2, 0.25) is 0 Å². The lowest BCUT2D eigenvalue weighted by Crippen LogP contribution is -2.41. The SMILES string of the molecule is COC(=O)[C@H](CCSC)NC(=O)c1ccc(SC(F)(F)F)cc1. The number of nitrogens with one attached hydrogen (secondary N) is 1. The molecule has 1 aromatic carbocycles. The number of methoxy groups -OCH3 is 1. The van der Waals surface area contributed by atoms with E-state index in [0.29, 0.717) is 12.2 Å². The van der Waals surface area contributed by atoms with E-state index in [4.69, 9.17) is 0 Å². The number of ether oxygens (including phenoxy) is 1. The fourth-order valence-corrected chi connectivity index (χ4v) is 2.69. The smallest absolute Gasteiger partial charge is 0.446 e. The third kappa shape index (κ3) is 7.17. The van der Waals surface area contributed by atoms with E-state index in [1.807, 2.05) is 6.26 Å². The van der Waals surface area contributed by atoms with Crippen LogP contribution in [0, 0.1) is 0 Å². The van der Waals surface area contributed by atoms with E-state index in [0.717, 1.165) is 0 Å². The summed E-state index contributed by atoms with van der Waals surface area (Å²) >= 11 is 1.27. The van der Waals surface area contributed by atoms with Crippen LogP contribution < -0.4 is 5.32 Å². The highest BCUT2D eigenvalue weighted by molar-refractivity contribution is 8.00. The van der Waals surface area contributed by atoms with Crippen LogP contribution in [0.1, 0.15) is 16.8 Å². The van der Waals surface area contributed by atoms with E-state index in [2.05, 4.69) is 10.1 Å². The molecule has 0 heterocycles. The lowest BCUT2D eigenvalue weighted by Gasteiger charge is -2.16. The van der Waals surface area contributed by atoms with Crippen molar-refractivity contribution in [2.45, 2.75) is 22.9 Å². The number of carbonyl (C=O) groups is 2. The summed E-state index contributed by atoms with van der Waals surface area (Å²) < 4.78 is 41.4. The number of hydrogen-bond donors (Lipinski definition) is 1. The Balaban J connectivity index is 2.73. The van der Waals surface area contributed by atoms with E-state index < -0.39 is 23.4 Å². The van der Waals surface area contributed by atoms with E-state index >= 15 is 0 Å². The number of halogens is 3. The Morgan fingerprint density at radius 2 is 1.87 bits per heavy atom. The van der Waals surface area contributed by atoms with Gasteiger partial charge in [-0.05, 0) is 54.5 Å². The maximum atomic E-state index is 12.2. The molecular weight excluding hydrogens is 351 g/mol. The monoisotopic (exact) mass is 367 g/mol. The van der Waals surface area contributed by atoms with Gasteiger partial charge in [-0.3, -0.25) is 4.79 Å². The molecule has 1 amide bonds. The van der Waals surface area contributed by atoms with Gasteiger partial charge in [-0.2, -0.15) is 24.9 Å². The standard InChI is InChI=1S/C14H16F3NO3S2/c1-21-13(20)11(7-8-22-2)18-12(19)9-3-5-10(6-4-9)23-14(15,16)17/h3-6,11H,7-8H2,1-2H3,(H,18,19)/t11-/m0/s1. The summed E-state index contributed by atoms with van der Waals surface area (Å²) in [5.74, 6) is -0.442. The van der Waals surface area contributed by atoms with Crippen LogP contribution in [0.5, 0.6) is 0 Å². The van der Waals surface area contributed by atoms with Crippen LogP contribution in [0.15, 0.2) is 29.2 Å². The summed E-state index contributed by atoms with van der Waals surface area (Å²) in [5, 5.41) is 2.53. The van der Waals surface area contributed by atoms with Crippen LogP contribution in [0.4, 0.5) is 13.2 Å². The predicted molar refractivity (Wildman–Crippen MR) is 84.6 cm³/mol. The molecule has 0 saturated heterocycles. The van der Waals surface area contributed by atoms with Crippen molar-refractivity contribution in [3.63, 3.8) is 0 Å². The average molecular weight is 367 g/mol. The minimum Gasteiger partial charge on any atom is -0.467 e. The van der Waals surface area contributed by atoms with E-state index in [9.17, 15) is 22.8 Å². The first kappa shape index (κ1) is 19.7. The van der Waals surface area contributed by atoms with Crippen LogP contribution >= 0.6 is 23.5 Å². The highest BCUT2D eigenvalue weighted by Gasteiger charge is 2.29. The molecule has 1 rings (SSSR count). The van der Waals surface area contributed by atoms with Crippen molar-refractivity contribution in [3.05, 3.63) is 29.8 Å². The van der Waals surface area contributed by atoms with Crippen LogP contribution in [-0.2, 0) is 9.53 Å².